The maximum absolute atomic E-state index is 12.7. The third kappa shape index (κ3) is 43.3. The summed E-state index contributed by atoms with van der Waals surface area (Å²) in [5.41, 5.74) is 0. The van der Waals surface area contributed by atoms with Crippen molar-refractivity contribution in [2.24, 2.45) is 0 Å². The Balaban J connectivity index is 4.24. The van der Waals surface area contributed by atoms with Crippen molar-refractivity contribution in [1.82, 2.24) is 0 Å². The fourth-order valence-corrected chi connectivity index (χ4v) is 7.26. The second kappa shape index (κ2) is 45.8. The highest BCUT2D eigenvalue weighted by molar-refractivity contribution is 5.71. The molecule has 0 N–H and O–H groups in total. The maximum atomic E-state index is 12.7. The van der Waals surface area contributed by atoms with Gasteiger partial charge in [0.25, 0.3) is 0 Å². The van der Waals surface area contributed by atoms with Gasteiger partial charge in [0.1, 0.15) is 13.2 Å². The number of hydrogen-bond donors (Lipinski definition) is 0. The summed E-state index contributed by atoms with van der Waals surface area (Å²) in [6.07, 6.45) is 49.2. The summed E-state index contributed by atoms with van der Waals surface area (Å²) in [5.74, 6) is -0.871. The number of rotatable bonds is 45. The van der Waals surface area contributed by atoms with E-state index in [0.717, 1.165) is 64.2 Å². The molecule has 0 saturated heterocycles. The van der Waals surface area contributed by atoms with Crippen LogP contribution in [0.5, 0.6) is 0 Å². The number of carbonyl (C=O) groups excluding carboxylic acids is 3. The van der Waals surface area contributed by atoms with Crippen LogP contribution in [0.25, 0.3) is 0 Å². The largest absolute Gasteiger partial charge is 0.462 e. The first-order valence-corrected chi connectivity index (χ1v) is 24.7. The molecule has 1 atom stereocenters. The van der Waals surface area contributed by atoms with Crippen LogP contribution >= 0.6 is 0 Å². The first kappa shape index (κ1) is 54.2. The van der Waals surface area contributed by atoms with E-state index in [4.69, 9.17) is 14.2 Å². The van der Waals surface area contributed by atoms with Crippen molar-refractivity contribution in [3.63, 3.8) is 0 Å². The summed E-state index contributed by atoms with van der Waals surface area (Å²) < 4.78 is 16.7. The Hall–Kier alpha value is -1.85. The van der Waals surface area contributed by atoms with Crippen molar-refractivity contribution in [3.05, 3.63) is 12.2 Å². The number of unbranched alkanes of at least 4 members (excludes halogenated alkanes) is 32. The molecule has 0 saturated carbocycles. The Labute approximate surface area is 348 Å². The van der Waals surface area contributed by atoms with E-state index in [1.165, 1.54) is 167 Å². The van der Waals surface area contributed by atoms with E-state index in [9.17, 15) is 14.4 Å². The highest BCUT2D eigenvalue weighted by Crippen LogP contribution is 2.16. The molecule has 0 aromatic heterocycles. The molecule has 0 radical (unpaired) electrons. The summed E-state index contributed by atoms with van der Waals surface area (Å²) >= 11 is 0. The first-order chi connectivity index (χ1) is 27.5. The fraction of sp³-hybridized carbons (Fsp3) is 0.900. The molecule has 0 bridgehead atoms. The van der Waals surface area contributed by atoms with Gasteiger partial charge in [-0.05, 0) is 44.9 Å². The molecule has 56 heavy (non-hydrogen) atoms. The second-order valence-corrected chi connectivity index (χ2v) is 16.7. The lowest BCUT2D eigenvalue weighted by atomic mass is 10.0. The van der Waals surface area contributed by atoms with Gasteiger partial charge < -0.3 is 14.2 Å². The Kier molecular flexibility index (Phi) is 44.3. The Morgan fingerprint density at radius 1 is 0.339 bits per heavy atom. The molecule has 0 aromatic carbocycles. The standard InChI is InChI=1S/C50H94O6/c1-4-7-10-13-16-18-20-22-24-26-27-29-31-34-37-40-43-49(52)55-46-47(45-54-48(51)42-39-36-33-15-12-9-6-3)56-50(53)44-41-38-35-32-30-28-25-23-21-19-17-14-11-8-5-2/h23,25,47H,4-22,24,26-46H2,1-3H3/b25-23-. The Morgan fingerprint density at radius 2 is 0.589 bits per heavy atom. The molecule has 0 amide bonds. The van der Waals surface area contributed by atoms with E-state index in [0.29, 0.717) is 19.3 Å². The van der Waals surface area contributed by atoms with Crippen molar-refractivity contribution >= 4 is 17.9 Å². The van der Waals surface area contributed by atoms with Gasteiger partial charge in [-0.3, -0.25) is 14.4 Å². The molecule has 0 aliphatic carbocycles. The Morgan fingerprint density at radius 3 is 0.893 bits per heavy atom. The molecule has 6 nitrogen and oxygen atoms in total. The van der Waals surface area contributed by atoms with Crippen LogP contribution in [-0.4, -0.2) is 37.2 Å². The molecule has 0 aliphatic rings. The molecule has 0 fully saturated rings. The highest BCUT2D eigenvalue weighted by atomic mass is 16.6. The molecular weight excluding hydrogens is 697 g/mol. The number of carbonyl (C=O) groups is 3. The van der Waals surface area contributed by atoms with E-state index >= 15 is 0 Å². The van der Waals surface area contributed by atoms with Crippen LogP contribution in [0.4, 0.5) is 0 Å². The zero-order valence-corrected chi connectivity index (χ0v) is 37.7. The second-order valence-electron chi connectivity index (χ2n) is 16.7. The van der Waals surface area contributed by atoms with Crippen LogP contribution in [0, 0.1) is 0 Å². The van der Waals surface area contributed by atoms with Crippen molar-refractivity contribution in [2.75, 3.05) is 13.2 Å². The van der Waals surface area contributed by atoms with Gasteiger partial charge in [0.2, 0.25) is 0 Å². The summed E-state index contributed by atoms with van der Waals surface area (Å²) in [6, 6.07) is 0. The van der Waals surface area contributed by atoms with Crippen LogP contribution in [-0.2, 0) is 28.6 Å². The number of allylic oxidation sites excluding steroid dienone is 2. The minimum atomic E-state index is -0.765. The third-order valence-electron chi connectivity index (χ3n) is 11.0. The predicted molar refractivity (Wildman–Crippen MR) is 238 cm³/mol. The molecule has 330 valence electrons. The summed E-state index contributed by atoms with van der Waals surface area (Å²) in [6.45, 7) is 6.61. The lowest BCUT2D eigenvalue weighted by molar-refractivity contribution is -0.167. The zero-order chi connectivity index (χ0) is 40.8. The predicted octanol–water partition coefficient (Wildman–Crippen LogP) is 15.8. The van der Waals surface area contributed by atoms with Crippen molar-refractivity contribution in [2.45, 2.75) is 277 Å². The van der Waals surface area contributed by atoms with Crippen LogP contribution in [0.15, 0.2) is 12.2 Å². The minimum absolute atomic E-state index is 0.0689. The summed E-state index contributed by atoms with van der Waals surface area (Å²) in [4.78, 5) is 37.7. The zero-order valence-electron chi connectivity index (χ0n) is 37.7. The number of hydrogen-bond acceptors (Lipinski definition) is 6. The SMILES string of the molecule is CCCCCCCC/C=C\CCCCCCCC(=O)OC(COC(=O)CCCCCCCCC)COC(=O)CCCCCCCCCCCCCCCCCC. The molecule has 0 aromatic rings. The molecule has 0 heterocycles. The van der Waals surface area contributed by atoms with Gasteiger partial charge in [-0.2, -0.15) is 0 Å². The van der Waals surface area contributed by atoms with Crippen LogP contribution in [0.1, 0.15) is 271 Å². The maximum Gasteiger partial charge on any atom is 0.306 e. The van der Waals surface area contributed by atoms with Gasteiger partial charge >= 0.3 is 17.9 Å². The van der Waals surface area contributed by atoms with Gasteiger partial charge in [0.15, 0.2) is 6.10 Å². The molecule has 0 spiro atoms. The van der Waals surface area contributed by atoms with E-state index in [1.807, 2.05) is 0 Å². The van der Waals surface area contributed by atoms with E-state index in [-0.39, 0.29) is 31.1 Å². The van der Waals surface area contributed by atoms with Crippen LogP contribution in [0.2, 0.25) is 0 Å². The average molecular weight is 791 g/mol. The van der Waals surface area contributed by atoms with Gasteiger partial charge in [-0.15, -0.1) is 0 Å². The van der Waals surface area contributed by atoms with Crippen molar-refractivity contribution in [3.8, 4) is 0 Å². The number of ether oxygens (including phenoxy) is 3. The molecular formula is C50H94O6. The van der Waals surface area contributed by atoms with Crippen LogP contribution in [0.3, 0.4) is 0 Å². The lowest BCUT2D eigenvalue weighted by Crippen LogP contribution is -2.30. The lowest BCUT2D eigenvalue weighted by Gasteiger charge is -2.18. The van der Waals surface area contributed by atoms with Crippen molar-refractivity contribution < 1.29 is 28.6 Å². The third-order valence-corrected chi connectivity index (χ3v) is 11.0. The van der Waals surface area contributed by atoms with Gasteiger partial charge in [-0.1, -0.05) is 219 Å². The van der Waals surface area contributed by atoms with E-state index in [1.54, 1.807) is 0 Å². The monoisotopic (exact) mass is 791 g/mol. The molecule has 6 heteroatoms. The quantitative estimate of drug-likeness (QED) is 0.0264. The van der Waals surface area contributed by atoms with E-state index < -0.39 is 6.10 Å². The normalized spacial score (nSPS) is 12.0. The first-order valence-electron chi connectivity index (χ1n) is 24.7. The van der Waals surface area contributed by atoms with Gasteiger partial charge in [0, 0.05) is 19.3 Å². The fourth-order valence-electron chi connectivity index (χ4n) is 7.26. The minimum Gasteiger partial charge on any atom is -0.462 e. The van der Waals surface area contributed by atoms with Gasteiger partial charge in [-0.25, -0.2) is 0 Å². The topological polar surface area (TPSA) is 78.9 Å². The summed E-state index contributed by atoms with van der Waals surface area (Å²) in [7, 11) is 0. The molecule has 1 unspecified atom stereocenters. The average Bonchev–Trinajstić information content (AvgIpc) is 3.19. The Bertz CT molecular complexity index is 870. The molecule has 0 aliphatic heterocycles. The van der Waals surface area contributed by atoms with E-state index in [2.05, 4.69) is 32.9 Å². The van der Waals surface area contributed by atoms with Gasteiger partial charge in [0.05, 0.1) is 0 Å². The summed E-state index contributed by atoms with van der Waals surface area (Å²) in [5, 5.41) is 0. The highest BCUT2D eigenvalue weighted by Gasteiger charge is 2.19. The smallest absolute Gasteiger partial charge is 0.306 e. The van der Waals surface area contributed by atoms with Crippen molar-refractivity contribution in [1.29, 1.82) is 0 Å². The molecule has 0 rings (SSSR count). The number of esters is 3. The van der Waals surface area contributed by atoms with Crippen LogP contribution < -0.4 is 0 Å².